The van der Waals surface area contributed by atoms with Crippen molar-refractivity contribution in [1.29, 1.82) is 0 Å². The monoisotopic (exact) mass is 549 g/mol. The zero-order valence-corrected chi connectivity index (χ0v) is 22.1. The van der Waals surface area contributed by atoms with Crippen LogP contribution in [0.4, 0.5) is 13.2 Å². The number of nitrogens with zero attached hydrogens (tertiary/aromatic N) is 4. The van der Waals surface area contributed by atoms with Gasteiger partial charge in [0.2, 0.25) is 5.13 Å². The number of carbonyl (C=O) groups is 1. The summed E-state index contributed by atoms with van der Waals surface area (Å²) in [6.45, 7) is 2.75. The molecule has 2 aromatic heterocycles. The smallest absolute Gasteiger partial charge is 0.433 e. The molecule has 2 aliphatic rings. The molecule has 0 radical (unpaired) electrons. The van der Waals surface area contributed by atoms with E-state index in [9.17, 15) is 18.0 Å². The number of ether oxygens (including phenoxy) is 2. The fourth-order valence-electron chi connectivity index (χ4n) is 5.47. The van der Waals surface area contributed by atoms with E-state index in [0.29, 0.717) is 35.6 Å². The molecule has 0 unspecified atom stereocenters. The largest absolute Gasteiger partial charge is 0.497 e. The molecule has 2 atom stereocenters. The third-order valence-electron chi connectivity index (χ3n) is 7.34. The maximum Gasteiger partial charge on any atom is 0.433 e. The van der Waals surface area contributed by atoms with Crippen molar-refractivity contribution < 1.29 is 27.4 Å². The van der Waals surface area contributed by atoms with Gasteiger partial charge in [-0.1, -0.05) is 6.42 Å². The summed E-state index contributed by atoms with van der Waals surface area (Å²) >= 11 is 0.934. The molecule has 2 aliphatic heterocycles. The van der Waals surface area contributed by atoms with Gasteiger partial charge in [0.25, 0.3) is 5.91 Å². The number of fused-ring (bicyclic) bond motifs is 1. The molecule has 2 saturated heterocycles. The van der Waals surface area contributed by atoms with Gasteiger partial charge >= 0.3 is 6.18 Å². The number of carbonyl (C=O) groups excluding carboxylic acids is 1. The molecular formula is C26H30F3N5O3S. The molecule has 0 saturated carbocycles. The van der Waals surface area contributed by atoms with Gasteiger partial charge in [0, 0.05) is 29.6 Å². The second-order valence-corrected chi connectivity index (χ2v) is 10.5. The van der Waals surface area contributed by atoms with E-state index in [1.807, 2.05) is 0 Å². The lowest BCUT2D eigenvalue weighted by Gasteiger charge is -2.44. The summed E-state index contributed by atoms with van der Waals surface area (Å²) in [6, 6.07) is 6.21. The van der Waals surface area contributed by atoms with Gasteiger partial charge in [0.05, 0.1) is 19.9 Å². The highest BCUT2D eigenvalue weighted by Gasteiger charge is 2.38. The van der Waals surface area contributed by atoms with Gasteiger partial charge in [-0.2, -0.15) is 18.3 Å². The number of thiazole rings is 1. The topological polar surface area (TPSA) is 81.5 Å². The maximum atomic E-state index is 14.0. The average Bonchev–Trinajstić information content (AvgIpc) is 3.59. The number of piperidine rings is 2. The molecule has 2 fully saturated rings. The second-order valence-electron chi connectivity index (χ2n) is 9.62. The fourth-order valence-corrected chi connectivity index (χ4v) is 6.23. The van der Waals surface area contributed by atoms with E-state index in [1.165, 1.54) is 32.4 Å². The standard InChI is InChI=1S/C26H30F3N5O3S/c1-36-17-8-9-18(22(12-17)37-2)19-13-23(26(27,28)29)34(32-19)25-31-20(15-38-25)24(35)30-14-16-6-5-11-33-10-4-3-7-21(16)33/h8-9,12-13,15-16,21H,3-7,10-11,14H2,1-2H3,(H,30,35)/t16-,21+/m1/s1. The molecule has 0 aliphatic carbocycles. The first-order chi connectivity index (χ1) is 18.3. The molecule has 1 aromatic carbocycles. The molecule has 1 N–H and O–H groups in total. The molecule has 8 nitrogen and oxygen atoms in total. The highest BCUT2D eigenvalue weighted by Crippen LogP contribution is 2.38. The van der Waals surface area contributed by atoms with Gasteiger partial charge in [-0.15, -0.1) is 11.3 Å². The predicted octanol–water partition coefficient (Wildman–Crippen LogP) is 5.03. The van der Waals surface area contributed by atoms with Gasteiger partial charge in [-0.25, -0.2) is 9.67 Å². The molecule has 38 heavy (non-hydrogen) atoms. The second kappa shape index (κ2) is 10.9. The zero-order valence-electron chi connectivity index (χ0n) is 21.3. The molecular weight excluding hydrogens is 519 g/mol. The van der Waals surface area contributed by atoms with Crippen LogP contribution in [0, 0.1) is 5.92 Å². The maximum absolute atomic E-state index is 14.0. The molecule has 12 heteroatoms. The van der Waals surface area contributed by atoms with Crippen LogP contribution in [-0.2, 0) is 6.18 Å². The summed E-state index contributed by atoms with van der Waals surface area (Å²) in [4.78, 5) is 19.6. The van der Waals surface area contributed by atoms with Crippen LogP contribution >= 0.6 is 11.3 Å². The van der Waals surface area contributed by atoms with Gasteiger partial charge < -0.3 is 19.7 Å². The Hall–Kier alpha value is -3.12. The number of alkyl halides is 3. The van der Waals surface area contributed by atoms with Crippen LogP contribution < -0.4 is 14.8 Å². The summed E-state index contributed by atoms with van der Waals surface area (Å²) in [5.41, 5.74) is -0.483. The Kier molecular flexibility index (Phi) is 7.62. The van der Waals surface area contributed by atoms with Crippen molar-refractivity contribution in [1.82, 2.24) is 25.0 Å². The van der Waals surface area contributed by atoms with Crippen molar-refractivity contribution in [3.8, 4) is 27.9 Å². The zero-order chi connectivity index (χ0) is 26.9. The number of amides is 1. The number of rotatable bonds is 7. The lowest BCUT2D eigenvalue weighted by atomic mass is 9.83. The molecule has 204 valence electrons. The first-order valence-corrected chi connectivity index (χ1v) is 13.5. The highest BCUT2D eigenvalue weighted by atomic mass is 32.1. The van der Waals surface area contributed by atoms with E-state index in [0.717, 1.165) is 54.4 Å². The van der Waals surface area contributed by atoms with E-state index in [-0.39, 0.29) is 16.5 Å². The van der Waals surface area contributed by atoms with Crippen LogP contribution in [0.15, 0.2) is 29.6 Å². The van der Waals surface area contributed by atoms with Crippen molar-refractivity contribution in [2.45, 2.75) is 44.3 Å². The number of methoxy groups -OCH3 is 2. The molecule has 0 bridgehead atoms. The Morgan fingerprint density at radius 1 is 1.13 bits per heavy atom. The van der Waals surface area contributed by atoms with Gasteiger partial charge in [0.1, 0.15) is 17.2 Å². The summed E-state index contributed by atoms with van der Waals surface area (Å²) in [5, 5.41) is 8.59. The SMILES string of the molecule is COc1ccc(-c2cc(C(F)(F)F)n(-c3nc(C(=O)NC[C@H]4CCCN5CCCC[C@@H]45)cs3)n2)c(OC)c1. The van der Waals surface area contributed by atoms with Crippen molar-refractivity contribution in [2.75, 3.05) is 33.9 Å². The summed E-state index contributed by atoms with van der Waals surface area (Å²) in [5.74, 6) is 0.802. The van der Waals surface area contributed by atoms with Crippen molar-refractivity contribution in [3.05, 3.63) is 41.0 Å². The van der Waals surface area contributed by atoms with Crippen molar-refractivity contribution >= 4 is 17.2 Å². The summed E-state index contributed by atoms with van der Waals surface area (Å²) in [7, 11) is 2.91. The quantitative estimate of drug-likeness (QED) is 0.446. The number of hydrogen-bond donors (Lipinski definition) is 1. The number of nitrogens with one attached hydrogen (secondary N) is 1. The third kappa shape index (κ3) is 5.37. The molecule has 4 heterocycles. The molecule has 3 aromatic rings. The first kappa shape index (κ1) is 26.5. The van der Waals surface area contributed by atoms with E-state index in [2.05, 4.69) is 20.3 Å². The Bertz CT molecular complexity index is 1290. The Balaban J connectivity index is 1.36. The lowest BCUT2D eigenvalue weighted by molar-refractivity contribution is -0.142. The van der Waals surface area contributed by atoms with Gasteiger partial charge in [-0.05, 0) is 62.9 Å². The van der Waals surface area contributed by atoms with E-state index >= 15 is 0 Å². The number of halogens is 3. The van der Waals surface area contributed by atoms with Crippen LogP contribution in [-0.4, -0.2) is 65.5 Å². The highest BCUT2D eigenvalue weighted by molar-refractivity contribution is 7.12. The minimum absolute atomic E-state index is 0.0441. The Labute approximate surface area is 222 Å². The number of aromatic nitrogens is 3. The van der Waals surface area contributed by atoms with Crippen LogP contribution in [0.3, 0.4) is 0 Å². The molecule has 5 rings (SSSR count). The van der Waals surface area contributed by atoms with Crippen LogP contribution in [0.5, 0.6) is 11.5 Å². The molecule has 1 amide bonds. The number of benzene rings is 1. The predicted molar refractivity (Wildman–Crippen MR) is 137 cm³/mol. The number of hydrogen-bond acceptors (Lipinski definition) is 7. The Morgan fingerprint density at radius 3 is 2.71 bits per heavy atom. The minimum Gasteiger partial charge on any atom is -0.497 e. The minimum atomic E-state index is -4.69. The third-order valence-corrected chi connectivity index (χ3v) is 8.16. The average molecular weight is 550 g/mol. The first-order valence-electron chi connectivity index (χ1n) is 12.7. The normalized spacial score (nSPS) is 20.1. The molecule has 0 spiro atoms. The van der Waals surface area contributed by atoms with Crippen molar-refractivity contribution in [2.24, 2.45) is 5.92 Å². The summed E-state index contributed by atoms with van der Waals surface area (Å²) in [6.07, 6.45) is 1.05. The Morgan fingerprint density at radius 2 is 1.95 bits per heavy atom. The van der Waals surface area contributed by atoms with Gasteiger partial charge in [0.15, 0.2) is 5.69 Å². The van der Waals surface area contributed by atoms with E-state index in [4.69, 9.17) is 9.47 Å². The van der Waals surface area contributed by atoms with E-state index < -0.39 is 17.8 Å². The van der Waals surface area contributed by atoms with Crippen LogP contribution in [0.25, 0.3) is 16.4 Å². The lowest BCUT2D eigenvalue weighted by Crippen LogP contribution is -2.51. The summed E-state index contributed by atoms with van der Waals surface area (Å²) < 4.78 is 53.2. The van der Waals surface area contributed by atoms with Crippen molar-refractivity contribution in [3.63, 3.8) is 0 Å². The van der Waals surface area contributed by atoms with Crippen LogP contribution in [0.1, 0.15) is 48.3 Å². The van der Waals surface area contributed by atoms with Gasteiger partial charge in [-0.3, -0.25) is 4.79 Å². The van der Waals surface area contributed by atoms with Crippen LogP contribution in [0.2, 0.25) is 0 Å². The van der Waals surface area contributed by atoms with E-state index in [1.54, 1.807) is 18.2 Å². The fraction of sp³-hybridized carbons (Fsp3) is 0.500.